The molecular formula is C17H15FNO4S-. The third-order valence-electron chi connectivity index (χ3n) is 4.14. The molecule has 0 radical (unpaired) electrons. The van der Waals surface area contributed by atoms with Gasteiger partial charge in [-0.2, -0.15) is 4.31 Å². The number of hydrogen-bond acceptors (Lipinski definition) is 4. The molecule has 0 N–H and O–H groups in total. The number of aliphatic carboxylic acids is 1. The Labute approximate surface area is 139 Å². The highest BCUT2D eigenvalue weighted by atomic mass is 32.2. The smallest absolute Gasteiger partial charge is 0.243 e. The average Bonchev–Trinajstić information content (AvgIpc) is 2.55. The number of carbonyl (C=O) groups excluding carboxylic acids is 1. The van der Waals surface area contributed by atoms with Crippen molar-refractivity contribution >= 4 is 16.0 Å². The molecule has 7 heteroatoms. The predicted octanol–water partition coefficient (Wildman–Crippen LogP) is 1.25. The molecule has 0 aliphatic carbocycles. The number of rotatable bonds is 4. The van der Waals surface area contributed by atoms with Gasteiger partial charge in [-0.25, -0.2) is 12.8 Å². The minimum atomic E-state index is -3.94. The zero-order chi connectivity index (χ0) is 17.3. The highest BCUT2D eigenvalue weighted by Gasteiger charge is 2.36. The monoisotopic (exact) mass is 348 g/mol. The summed E-state index contributed by atoms with van der Waals surface area (Å²) >= 11 is 0. The van der Waals surface area contributed by atoms with Crippen LogP contribution in [0, 0.1) is 5.82 Å². The number of fused-ring (bicyclic) bond motifs is 1. The number of carbonyl (C=O) groups is 1. The molecule has 1 heterocycles. The molecule has 0 spiro atoms. The van der Waals surface area contributed by atoms with Gasteiger partial charge < -0.3 is 9.90 Å². The normalized spacial score (nSPS) is 18.1. The van der Waals surface area contributed by atoms with Gasteiger partial charge in [0.1, 0.15) is 5.82 Å². The Bertz CT molecular complexity index is 864. The summed E-state index contributed by atoms with van der Waals surface area (Å²) in [5.74, 6) is -1.86. The van der Waals surface area contributed by atoms with Crippen molar-refractivity contribution in [1.82, 2.24) is 4.31 Å². The van der Waals surface area contributed by atoms with Crippen LogP contribution in [0.2, 0.25) is 0 Å². The van der Waals surface area contributed by atoms with Crippen molar-refractivity contribution in [1.29, 1.82) is 0 Å². The lowest BCUT2D eigenvalue weighted by Gasteiger charge is -2.36. The molecule has 0 bridgehead atoms. The van der Waals surface area contributed by atoms with Gasteiger partial charge in [0.15, 0.2) is 0 Å². The molecule has 0 saturated carbocycles. The summed E-state index contributed by atoms with van der Waals surface area (Å²) in [5, 5.41) is 11.1. The molecule has 0 unspecified atom stereocenters. The van der Waals surface area contributed by atoms with Gasteiger partial charge in [0.05, 0.1) is 10.9 Å². The highest BCUT2D eigenvalue weighted by molar-refractivity contribution is 7.89. The maximum absolute atomic E-state index is 13.1. The van der Waals surface area contributed by atoms with E-state index in [1.165, 1.54) is 16.4 Å². The first-order valence-electron chi connectivity index (χ1n) is 7.44. The second-order valence-electron chi connectivity index (χ2n) is 5.61. The van der Waals surface area contributed by atoms with E-state index in [4.69, 9.17) is 0 Å². The summed E-state index contributed by atoms with van der Waals surface area (Å²) in [5.41, 5.74) is 1.59. The van der Waals surface area contributed by atoms with Crippen molar-refractivity contribution in [3.05, 3.63) is 65.5 Å². The first kappa shape index (κ1) is 16.6. The van der Waals surface area contributed by atoms with Gasteiger partial charge in [-0.3, -0.25) is 0 Å². The Kier molecular flexibility index (Phi) is 4.38. The van der Waals surface area contributed by atoms with Crippen LogP contribution < -0.4 is 5.11 Å². The first-order valence-corrected chi connectivity index (χ1v) is 8.88. The Morgan fingerprint density at radius 3 is 2.50 bits per heavy atom. The van der Waals surface area contributed by atoms with E-state index >= 15 is 0 Å². The van der Waals surface area contributed by atoms with E-state index in [0.29, 0.717) is 12.0 Å². The topological polar surface area (TPSA) is 77.5 Å². The summed E-state index contributed by atoms with van der Waals surface area (Å²) < 4.78 is 40.0. The summed E-state index contributed by atoms with van der Waals surface area (Å²) in [6, 6.07) is 10.8. The van der Waals surface area contributed by atoms with Crippen LogP contribution in [0.25, 0.3) is 0 Å². The molecule has 1 atom stereocenters. The SMILES string of the molecule is O=C([O-])C[C@H]1c2ccccc2CCN1S(=O)(=O)c1ccc(F)cc1. The maximum atomic E-state index is 13.1. The lowest BCUT2D eigenvalue weighted by atomic mass is 9.92. The summed E-state index contributed by atoms with van der Waals surface area (Å²) in [6.45, 7) is 0.161. The molecule has 126 valence electrons. The van der Waals surface area contributed by atoms with Crippen LogP contribution in [-0.2, 0) is 21.2 Å². The van der Waals surface area contributed by atoms with Crippen molar-refractivity contribution in [2.45, 2.75) is 23.8 Å². The number of carboxylic acid groups (broad SMARTS) is 1. The van der Waals surface area contributed by atoms with Crippen LogP contribution in [-0.4, -0.2) is 25.2 Å². The Morgan fingerprint density at radius 1 is 1.17 bits per heavy atom. The lowest BCUT2D eigenvalue weighted by molar-refractivity contribution is -0.306. The standard InChI is InChI=1S/C17H16FNO4S/c18-13-5-7-14(8-6-13)24(22,23)19-10-9-12-3-1-2-4-15(12)16(19)11-17(20)21/h1-8,16H,9-11H2,(H,20,21)/p-1/t16-/m0/s1. The summed E-state index contributed by atoms with van der Waals surface area (Å²) in [7, 11) is -3.94. The van der Waals surface area contributed by atoms with E-state index in [1.54, 1.807) is 12.1 Å². The fourth-order valence-corrected chi connectivity index (χ4v) is 4.63. The van der Waals surface area contributed by atoms with E-state index in [1.807, 2.05) is 12.1 Å². The molecule has 0 fully saturated rings. The van der Waals surface area contributed by atoms with Crippen molar-refractivity contribution < 1.29 is 22.7 Å². The quantitative estimate of drug-likeness (QED) is 0.833. The molecule has 2 aromatic carbocycles. The van der Waals surface area contributed by atoms with Crippen LogP contribution in [0.15, 0.2) is 53.4 Å². The van der Waals surface area contributed by atoms with Crippen molar-refractivity contribution in [2.24, 2.45) is 0 Å². The Morgan fingerprint density at radius 2 is 1.83 bits per heavy atom. The van der Waals surface area contributed by atoms with E-state index in [9.17, 15) is 22.7 Å². The number of nitrogens with zero attached hydrogens (tertiary/aromatic N) is 1. The molecule has 1 aliphatic heterocycles. The molecule has 0 aromatic heterocycles. The second-order valence-corrected chi connectivity index (χ2v) is 7.50. The zero-order valence-electron chi connectivity index (χ0n) is 12.7. The lowest BCUT2D eigenvalue weighted by Crippen LogP contribution is -2.42. The van der Waals surface area contributed by atoms with E-state index in [-0.39, 0.29) is 11.4 Å². The highest BCUT2D eigenvalue weighted by Crippen LogP contribution is 2.36. The van der Waals surface area contributed by atoms with Crippen LogP contribution in [0.5, 0.6) is 0 Å². The minimum Gasteiger partial charge on any atom is -0.550 e. The van der Waals surface area contributed by atoms with E-state index < -0.39 is 34.3 Å². The van der Waals surface area contributed by atoms with Crippen LogP contribution in [0.1, 0.15) is 23.6 Å². The molecule has 5 nitrogen and oxygen atoms in total. The van der Waals surface area contributed by atoms with Crippen molar-refractivity contribution in [3.8, 4) is 0 Å². The molecule has 1 aliphatic rings. The van der Waals surface area contributed by atoms with Gasteiger partial charge >= 0.3 is 0 Å². The predicted molar refractivity (Wildman–Crippen MR) is 82.8 cm³/mol. The van der Waals surface area contributed by atoms with E-state index in [0.717, 1.165) is 17.7 Å². The second kappa shape index (κ2) is 6.33. The van der Waals surface area contributed by atoms with Crippen molar-refractivity contribution in [2.75, 3.05) is 6.54 Å². The first-order chi connectivity index (χ1) is 11.4. The molecular weight excluding hydrogens is 333 g/mol. The van der Waals surface area contributed by atoms with Gasteiger partial charge in [-0.15, -0.1) is 0 Å². The third kappa shape index (κ3) is 3.05. The number of halogens is 1. The minimum absolute atomic E-state index is 0.0633. The third-order valence-corrected chi connectivity index (χ3v) is 6.07. The van der Waals surface area contributed by atoms with Gasteiger partial charge in [-0.05, 0) is 41.8 Å². The largest absolute Gasteiger partial charge is 0.550 e. The fraction of sp³-hybridized carbons (Fsp3) is 0.235. The van der Waals surface area contributed by atoms with Gasteiger partial charge in [-0.1, -0.05) is 24.3 Å². The number of sulfonamides is 1. The van der Waals surface area contributed by atoms with E-state index in [2.05, 4.69) is 0 Å². The number of hydrogen-bond donors (Lipinski definition) is 0. The fourth-order valence-electron chi connectivity index (χ4n) is 3.03. The summed E-state index contributed by atoms with van der Waals surface area (Å²) in [6.07, 6.45) is 0.0532. The molecule has 3 rings (SSSR count). The Hall–Kier alpha value is -2.25. The molecule has 0 saturated heterocycles. The van der Waals surface area contributed by atoms with Crippen molar-refractivity contribution in [3.63, 3.8) is 0 Å². The van der Waals surface area contributed by atoms with Crippen LogP contribution in [0.4, 0.5) is 4.39 Å². The number of benzene rings is 2. The average molecular weight is 348 g/mol. The molecule has 2 aromatic rings. The van der Waals surface area contributed by atoms with Gasteiger partial charge in [0.2, 0.25) is 10.0 Å². The Balaban J connectivity index is 2.05. The molecule has 0 amide bonds. The zero-order valence-corrected chi connectivity index (χ0v) is 13.5. The maximum Gasteiger partial charge on any atom is 0.243 e. The van der Waals surface area contributed by atoms with Gasteiger partial charge in [0.25, 0.3) is 0 Å². The van der Waals surface area contributed by atoms with Crippen LogP contribution >= 0.6 is 0 Å². The number of carboxylic acids is 1. The molecule has 24 heavy (non-hydrogen) atoms. The summed E-state index contributed by atoms with van der Waals surface area (Å²) in [4.78, 5) is 11.1. The van der Waals surface area contributed by atoms with Gasteiger partial charge in [0, 0.05) is 18.9 Å². The van der Waals surface area contributed by atoms with Crippen LogP contribution in [0.3, 0.4) is 0 Å².